The Morgan fingerprint density at radius 1 is 0.400 bits per heavy atom. The third kappa shape index (κ3) is 27.9. The molecule has 0 aromatic carbocycles. The van der Waals surface area contributed by atoms with Gasteiger partial charge in [-0.15, -0.1) is 0 Å². The zero-order valence-corrected chi connectivity index (χ0v) is 24.4. The number of carboxylic acids is 1. The van der Waals surface area contributed by atoms with Gasteiger partial charge in [-0.1, -0.05) is 187 Å². The SMILES string of the molecule is CCCCCCCCCCCCCCCCCCCCCCCCCCC(CCCCC)C(=O)O. The fraction of sp³-hybridized carbons (Fsp3) is 0.970. The van der Waals surface area contributed by atoms with Crippen molar-refractivity contribution >= 4 is 5.97 Å². The fourth-order valence-electron chi connectivity index (χ4n) is 5.39. The van der Waals surface area contributed by atoms with Crippen LogP contribution < -0.4 is 0 Å². The maximum atomic E-state index is 11.4. The Morgan fingerprint density at radius 3 is 0.857 bits per heavy atom. The molecule has 0 aromatic rings. The number of carbonyl (C=O) groups is 1. The van der Waals surface area contributed by atoms with Crippen molar-refractivity contribution in [3.8, 4) is 0 Å². The summed E-state index contributed by atoms with van der Waals surface area (Å²) in [4.78, 5) is 11.4. The molecular formula is C33H66O2. The quantitative estimate of drug-likeness (QED) is 0.101. The molecule has 0 radical (unpaired) electrons. The van der Waals surface area contributed by atoms with Crippen molar-refractivity contribution in [1.29, 1.82) is 0 Å². The molecule has 35 heavy (non-hydrogen) atoms. The van der Waals surface area contributed by atoms with Crippen LogP contribution in [-0.4, -0.2) is 11.1 Å². The molecule has 0 aliphatic carbocycles. The van der Waals surface area contributed by atoms with E-state index in [1.165, 1.54) is 161 Å². The lowest BCUT2D eigenvalue weighted by Crippen LogP contribution is -2.13. The fourth-order valence-corrected chi connectivity index (χ4v) is 5.39. The topological polar surface area (TPSA) is 37.3 Å². The van der Waals surface area contributed by atoms with Gasteiger partial charge in [-0.2, -0.15) is 0 Å². The highest BCUT2D eigenvalue weighted by Crippen LogP contribution is 2.19. The highest BCUT2D eigenvalue weighted by molar-refractivity contribution is 5.69. The van der Waals surface area contributed by atoms with Crippen LogP contribution in [0.25, 0.3) is 0 Å². The largest absolute Gasteiger partial charge is 0.481 e. The smallest absolute Gasteiger partial charge is 0.306 e. The molecule has 0 heterocycles. The second kappa shape index (κ2) is 29.7. The average molecular weight is 495 g/mol. The Balaban J connectivity index is 3.18. The van der Waals surface area contributed by atoms with Gasteiger partial charge in [0.25, 0.3) is 0 Å². The van der Waals surface area contributed by atoms with Gasteiger partial charge in [0.05, 0.1) is 5.92 Å². The molecule has 2 heteroatoms. The van der Waals surface area contributed by atoms with Crippen molar-refractivity contribution in [3.05, 3.63) is 0 Å². The Hall–Kier alpha value is -0.530. The molecule has 0 rings (SSSR count). The summed E-state index contributed by atoms with van der Waals surface area (Å²) in [6.07, 6.45) is 39.0. The normalized spacial score (nSPS) is 12.3. The molecule has 0 aliphatic rings. The Morgan fingerprint density at radius 2 is 0.600 bits per heavy atom. The van der Waals surface area contributed by atoms with Crippen LogP contribution in [0.2, 0.25) is 0 Å². The Labute approximate surface area is 221 Å². The second-order valence-corrected chi connectivity index (χ2v) is 11.5. The molecule has 210 valence electrons. The molecule has 0 spiro atoms. The van der Waals surface area contributed by atoms with Gasteiger partial charge < -0.3 is 5.11 Å². The average Bonchev–Trinajstić information content (AvgIpc) is 2.85. The monoisotopic (exact) mass is 495 g/mol. The first-order chi connectivity index (χ1) is 17.2. The van der Waals surface area contributed by atoms with E-state index in [1.54, 1.807) is 0 Å². The minimum atomic E-state index is -0.574. The zero-order valence-electron chi connectivity index (χ0n) is 24.4. The van der Waals surface area contributed by atoms with E-state index < -0.39 is 5.97 Å². The predicted octanol–water partition coefficient (Wildman–Crippen LogP) is 12.0. The van der Waals surface area contributed by atoms with Crippen molar-refractivity contribution in [2.75, 3.05) is 0 Å². The number of hydrogen-bond donors (Lipinski definition) is 1. The lowest BCUT2D eigenvalue weighted by atomic mass is 9.94. The number of aliphatic carboxylic acids is 1. The highest BCUT2D eigenvalue weighted by Gasteiger charge is 2.15. The molecule has 1 N–H and O–H groups in total. The summed E-state index contributed by atoms with van der Waals surface area (Å²) < 4.78 is 0. The van der Waals surface area contributed by atoms with Crippen LogP contribution >= 0.6 is 0 Å². The summed E-state index contributed by atoms with van der Waals surface area (Å²) in [5.74, 6) is -0.670. The summed E-state index contributed by atoms with van der Waals surface area (Å²) in [6, 6.07) is 0. The summed E-state index contributed by atoms with van der Waals surface area (Å²) >= 11 is 0. The van der Waals surface area contributed by atoms with Gasteiger partial charge >= 0.3 is 5.97 Å². The molecule has 0 fully saturated rings. The summed E-state index contributed by atoms with van der Waals surface area (Å²) in [7, 11) is 0. The van der Waals surface area contributed by atoms with Crippen LogP contribution in [0.4, 0.5) is 0 Å². The number of unbranched alkanes of at least 4 members (excludes halogenated alkanes) is 25. The van der Waals surface area contributed by atoms with E-state index in [0.717, 1.165) is 25.7 Å². The van der Waals surface area contributed by atoms with E-state index in [4.69, 9.17) is 0 Å². The lowest BCUT2D eigenvalue weighted by Gasteiger charge is -2.11. The molecule has 1 atom stereocenters. The number of carboxylic acid groups (broad SMARTS) is 1. The molecule has 0 saturated heterocycles. The molecule has 0 aromatic heterocycles. The predicted molar refractivity (Wildman–Crippen MR) is 156 cm³/mol. The highest BCUT2D eigenvalue weighted by atomic mass is 16.4. The van der Waals surface area contributed by atoms with Crippen molar-refractivity contribution in [2.24, 2.45) is 5.92 Å². The van der Waals surface area contributed by atoms with Gasteiger partial charge in [0, 0.05) is 0 Å². The van der Waals surface area contributed by atoms with Gasteiger partial charge in [0.15, 0.2) is 0 Å². The summed E-state index contributed by atoms with van der Waals surface area (Å²) in [5.41, 5.74) is 0. The van der Waals surface area contributed by atoms with Crippen LogP contribution in [-0.2, 0) is 4.79 Å². The van der Waals surface area contributed by atoms with E-state index in [0.29, 0.717) is 0 Å². The first-order valence-electron chi connectivity index (χ1n) is 16.4. The van der Waals surface area contributed by atoms with Crippen LogP contribution in [0.5, 0.6) is 0 Å². The van der Waals surface area contributed by atoms with Crippen molar-refractivity contribution < 1.29 is 9.90 Å². The molecule has 0 saturated carbocycles. The number of hydrogen-bond acceptors (Lipinski definition) is 1. The number of rotatable bonds is 30. The third-order valence-electron chi connectivity index (χ3n) is 7.91. The summed E-state index contributed by atoms with van der Waals surface area (Å²) in [5, 5.41) is 9.36. The molecule has 0 bridgehead atoms. The maximum Gasteiger partial charge on any atom is 0.306 e. The molecule has 1 unspecified atom stereocenters. The van der Waals surface area contributed by atoms with Crippen LogP contribution in [0, 0.1) is 5.92 Å². The maximum absolute atomic E-state index is 11.4. The van der Waals surface area contributed by atoms with Gasteiger partial charge in [-0.05, 0) is 12.8 Å². The van der Waals surface area contributed by atoms with Gasteiger partial charge in [0.1, 0.15) is 0 Å². The summed E-state index contributed by atoms with van der Waals surface area (Å²) in [6.45, 7) is 4.47. The van der Waals surface area contributed by atoms with E-state index in [2.05, 4.69) is 13.8 Å². The molecule has 0 amide bonds. The van der Waals surface area contributed by atoms with Crippen LogP contribution in [0.15, 0.2) is 0 Å². The zero-order chi connectivity index (χ0) is 25.7. The van der Waals surface area contributed by atoms with E-state index in [9.17, 15) is 9.90 Å². The van der Waals surface area contributed by atoms with Gasteiger partial charge in [-0.25, -0.2) is 0 Å². The molecule has 0 aliphatic heterocycles. The van der Waals surface area contributed by atoms with Crippen LogP contribution in [0.1, 0.15) is 200 Å². The molecule has 2 nitrogen and oxygen atoms in total. The Kier molecular flexibility index (Phi) is 29.2. The van der Waals surface area contributed by atoms with Crippen molar-refractivity contribution in [1.82, 2.24) is 0 Å². The van der Waals surface area contributed by atoms with Crippen molar-refractivity contribution in [3.63, 3.8) is 0 Å². The molecular weight excluding hydrogens is 428 g/mol. The van der Waals surface area contributed by atoms with Gasteiger partial charge in [0.2, 0.25) is 0 Å². The first kappa shape index (κ1) is 34.5. The van der Waals surface area contributed by atoms with Gasteiger partial charge in [-0.3, -0.25) is 4.79 Å². The lowest BCUT2D eigenvalue weighted by molar-refractivity contribution is -0.142. The second-order valence-electron chi connectivity index (χ2n) is 11.5. The van der Waals surface area contributed by atoms with E-state index >= 15 is 0 Å². The Bertz CT molecular complexity index is 406. The standard InChI is InChI=1S/C33H66O2/c1-3-5-7-8-9-10-11-12-13-14-15-16-17-18-19-20-21-22-23-24-25-26-27-29-31-32(33(34)35)30-28-6-4-2/h32H,3-31H2,1-2H3,(H,34,35). The third-order valence-corrected chi connectivity index (χ3v) is 7.91. The van der Waals surface area contributed by atoms with Crippen molar-refractivity contribution in [2.45, 2.75) is 200 Å². The minimum Gasteiger partial charge on any atom is -0.481 e. The minimum absolute atomic E-state index is 0.0961. The van der Waals surface area contributed by atoms with E-state index in [1.807, 2.05) is 0 Å². The van der Waals surface area contributed by atoms with E-state index in [-0.39, 0.29) is 5.92 Å². The van der Waals surface area contributed by atoms with Crippen LogP contribution in [0.3, 0.4) is 0 Å². The first-order valence-corrected chi connectivity index (χ1v) is 16.4.